The number of aliphatic imine (C=N–C) groups is 1. The van der Waals surface area contributed by atoms with Crippen LogP contribution in [0.1, 0.15) is 45.6 Å². The molecule has 0 saturated carbocycles. The average molecular weight is 323 g/mol. The molecule has 0 aromatic heterocycles. The van der Waals surface area contributed by atoms with Crippen LogP contribution >= 0.6 is 11.6 Å². The van der Waals surface area contributed by atoms with E-state index in [-0.39, 0.29) is 11.8 Å². The molecule has 2 N–H and O–H groups in total. The molecule has 120 valence electrons. The summed E-state index contributed by atoms with van der Waals surface area (Å²) in [6, 6.07) is 7.31. The number of carbonyl (C=O) groups is 1. The molecule has 4 nitrogen and oxygen atoms in total. The molecule has 2 rings (SSSR count). The minimum Gasteiger partial charge on any atom is -0.470 e. The molecule has 0 bridgehead atoms. The normalized spacial score (nSPS) is 26.3. The van der Waals surface area contributed by atoms with E-state index in [2.05, 4.69) is 4.99 Å². The fourth-order valence-corrected chi connectivity index (χ4v) is 3.14. The molecular formula is C17H23ClN2O2. The molecular weight excluding hydrogens is 300 g/mol. The summed E-state index contributed by atoms with van der Waals surface area (Å²) in [6.07, 6.45) is 1.15. The Morgan fingerprint density at radius 3 is 2.64 bits per heavy atom. The smallest absolute Gasteiger partial charge is 0.205 e. The van der Waals surface area contributed by atoms with Gasteiger partial charge in [-0.25, -0.2) is 4.99 Å². The predicted molar refractivity (Wildman–Crippen MR) is 89.3 cm³/mol. The molecule has 22 heavy (non-hydrogen) atoms. The summed E-state index contributed by atoms with van der Waals surface area (Å²) < 4.78 is 5.75. The highest BCUT2D eigenvalue weighted by molar-refractivity contribution is 6.31. The monoisotopic (exact) mass is 322 g/mol. The Morgan fingerprint density at radius 1 is 1.41 bits per heavy atom. The fourth-order valence-electron chi connectivity index (χ4n) is 2.85. The topological polar surface area (TPSA) is 64.7 Å². The minimum absolute atomic E-state index is 0.0287. The van der Waals surface area contributed by atoms with Crippen LogP contribution in [0.25, 0.3) is 0 Å². The molecule has 3 unspecified atom stereocenters. The molecule has 0 aliphatic carbocycles. The van der Waals surface area contributed by atoms with Crippen LogP contribution < -0.4 is 5.73 Å². The van der Waals surface area contributed by atoms with Gasteiger partial charge in [-0.05, 0) is 25.8 Å². The molecule has 0 amide bonds. The lowest BCUT2D eigenvalue weighted by Crippen LogP contribution is -2.48. The van der Waals surface area contributed by atoms with Crippen molar-refractivity contribution in [3.8, 4) is 0 Å². The largest absolute Gasteiger partial charge is 0.470 e. The van der Waals surface area contributed by atoms with Gasteiger partial charge >= 0.3 is 0 Å². The third-order valence-corrected chi connectivity index (χ3v) is 4.32. The summed E-state index contributed by atoms with van der Waals surface area (Å²) in [6.45, 7) is 5.78. The number of nitrogens with two attached hydrogens (primary N) is 1. The van der Waals surface area contributed by atoms with Crippen LogP contribution in [0.3, 0.4) is 0 Å². The molecule has 1 aromatic carbocycles. The second kappa shape index (κ2) is 6.80. The van der Waals surface area contributed by atoms with Gasteiger partial charge in [0.1, 0.15) is 0 Å². The van der Waals surface area contributed by atoms with Crippen molar-refractivity contribution in [1.29, 1.82) is 0 Å². The van der Waals surface area contributed by atoms with Crippen LogP contribution in [-0.2, 0) is 15.1 Å². The van der Waals surface area contributed by atoms with Crippen LogP contribution in [0.15, 0.2) is 29.3 Å². The Morgan fingerprint density at radius 2 is 2.09 bits per heavy atom. The van der Waals surface area contributed by atoms with Crippen molar-refractivity contribution in [2.75, 3.05) is 0 Å². The van der Waals surface area contributed by atoms with Crippen LogP contribution in [0.4, 0.5) is 0 Å². The number of ether oxygens (including phenoxy) is 1. The van der Waals surface area contributed by atoms with Crippen molar-refractivity contribution >= 4 is 23.3 Å². The number of hydrogen-bond donors (Lipinski definition) is 1. The number of nitrogens with zero attached hydrogens (tertiary/aromatic N) is 1. The van der Waals surface area contributed by atoms with Gasteiger partial charge < -0.3 is 10.5 Å². The molecule has 1 aromatic rings. The predicted octanol–water partition coefficient (Wildman–Crippen LogP) is 3.46. The van der Waals surface area contributed by atoms with Gasteiger partial charge in [0.25, 0.3) is 0 Å². The molecule has 3 atom stereocenters. The molecule has 1 heterocycles. The number of carbonyl (C=O) groups excluding carboxylic acids is 1. The number of ketones is 1. The lowest BCUT2D eigenvalue weighted by atomic mass is 9.80. The SMILES string of the molecule is CCC1OC(CC(C)N)=NC(CC)(c2ccccc2Cl)C1=O. The molecule has 0 spiro atoms. The van der Waals surface area contributed by atoms with Crippen molar-refractivity contribution < 1.29 is 9.53 Å². The van der Waals surface area contributed by atoms with Crippen LogP contribution in [0.2, 0.25) is 5.02 Å². The van der Waals surface area contributed by atoms with Crippen LogP contribution in [-0.4, -0.2) is 23.8 Å². The number of benzene rings is 1. The quantitative estimate of drug-likeness (QED) is 0.902. The van der Waals surface area contributed by atoms with E-state index >= 15 is 0 Å². The molecule has 1 aliphatic rings. The van der Waals surface area contributed by atoms with Crippen molar-refractivity contribution in [1.82, 2.24) is 0 Å². The highest BCUT2D eigenvalue weighted by atomic mass is 35.5. The zero-order valence-electron chi connectivity index (χ0n) is 13.3. The van der Waals surface area contributed by atoms with Gasteiger partial charge in [0.05, 0.1) is 0 Å². The lowest BCUT2D eigenvalue weighted by Gasteiger charge is -2.37. The minimum atomic E-state index is -0.971. The van der Waals surface area contributed by atoms with E-state index in [0.717, 1.165) is 5.56 Å². The van der Waals surface area contributed by atoms with Gasteiger partial charge in [-0.3, -0.25) is 4.79 Å². The first-order valence-corrected chi connectivity index (χ1v) is 8.12. The van der Waals surface area contributed by atoms with E-state index in [9.17, 15) is 4.79 Å². The zero-order valence-corrected chi connectivity index (χ0v) is 14.1. The van der Waals surface area contributed by atoms with Crippen molar-refractivity contribution in [2.45, 2.75) is 57.7 Å². The maximum Gasteiger partial charge on any atom is 0.205 e. The van der Waals surface area contributed by atoms with E-state index in [1.807, 2.05) is 39.0 Å². The number of Topliss-reactive ketones (excluding diaryl/α,β-unsaturated/α-hetero) is 1. The standard InChI is InChI=1S/C17H23ClN2O2/c1-4-14-16(21)17(5-2,12-8-6-7-9-13(12)18)20-15(22-14)10-11(3)19/h6-9,11,14H,4-5,10,19H2,1-3H3. The van der Waals surface area contributed by atoms with Gasteiger partial charge in [0.15, 0.2) is 17.5 Å². The number of hydrogen-bond acceptors (Lipinski definition) is 4. The first-order chi connectivity index (χ1) is 10.4. The Bertz CT molecular complexity index is 586. The molecule has 5 heteroatoms. The Balaban J connectivity index is 2.58. The van der Waals surface area contributed by atoms with Gasteiger partial charge in [-0.2, -0.15) is 0 Å². The number of halogens is 1. The van der Waals surface area contributed by atoms with Gasteiger partial charge in [0.2, 0.25) is 5.78 Å². The highest BCUT2D eigenvalue weighted by Crippen LogP contribution is 2.40. The molecule has 1 aliphatic heterocycles. The second-order valence-electron chi connectivity index (χ2n) is 5.76. The zero-order chi connectivity index (χ0) is 16.3. The Hall–Kier alpha value is -1.39. The van der Waals surface area contributed by atoms with E-state index in [1.165, 1.54) is 0 Å². The first-order valence-electron chi connectivity index (χ1n) is 7.74. The molecule has 0 radical (unpaired) electrons. The maximum absolute atomic E-state index is 13.0. The van der Waals surface area contributed by atoms with E-state index in [4.69, 9.17) is 22.1 Å². The van der Waals surface area contributed by atoms with E-state index in [0.29, 0.717) is 30.2 Å². The Labute approximate surface area is 136 Å². The van der Waals surface area contributed by atoms with E-state index < -0.39 is 11.6 Å². The summed E-state index contributed by atoms with van der Waals surface area (Å²) in [7, 11) is 0. The molecule has 0 saturated heterocycles. The van der Waals surface area contributed by atoms with Crippen molar-refractivity contribution in [2.24, 2.45) is 10.7 Å². The summed E-state index contributed by atoms with van der Waals surface area (Å²) in [5.74, 6) is 0.516. The van der Waals surface area contributed by atoms with Crippen molar-refractivity contribution in [3.05, 3.63) is 34.9 Å². The summed E-state index contributed by atoms with van der Waals surface area (Å²) in [5, 5.41) is 0.554. The van der Waals surface area contributed by atoms with Gasteiger partial charge in [-0.15, -0.1) is 0 Å². The van der Waals surface area contributed by atoms with Crippen LogP contribution in [0, 0.1) is 0 Å². The summed E-state index contributed by atoms with van der Waals surface area (Å²) in [4.78, 5) is 17.6. The first kappa shape index (κ1) is 17.0. The maximum atomic E-state index is 13.0. The summed E-state index contributed by atoms with van der Waals surface area (Å²) >= 11 is 6.35. The van der Waals surface area contributed by atoms with Gasteiger partial charge in [-0.1, -0.05) is 43.6 Å². The fraction of sp³-hybridized carbons (Fsp3) is 0.529. The second-order valence-corrected chi connectivity index (χ2v) is 6.17. The van der Waals surface area contributed by atoms with Crippen LogP contribution in [0.5, 0.6) is 0 Å². The van der Waals surface area contributed by atoms with Crippen molar-refractivity contribution in [3.63, 3.8) is 0 Å². The third kappa shape index (κ3) is 3.03. The average Bonchev–Trinajstić information content (AvgIpc) is 2.49. The van der Waals surface area contributed by atoms with Gasteiger partial charge in [0, 0.05) is 23.0 Å². The Kier molecular flexibility index (Phi) is 5.24. The highest BCUT2D eigenvalue weighted by Gasteiger charge is 2.47. The third-order valence-electron chi connectivity index (χ3n) is 3.99. The van der Waals surface area contributed by atoms with E-state index in [1.54, 1.807) is 6.07 Å². The molecule has 0 fully saturated rings. The summed E-state index contributed by atoms with van der Waals surface area (Å²) in [5.41, 5.74) is 5.64. The number of rotatable bonds is 5. The lowest BCUT2D eigenvalue weighted by molar-refractivity contribution is -0.134.